The number of benzene rings is 6. The van der Waals surface area contributed by atoms with E-state index in [0.29, 0.717) is 5.95 Å². The van der Waals surface area contributed by atoms with Crippen molar-refractivity contribution in [1.29, 1.82) is 0 Å². The molecule has 4 heterocycles. The van der Waals surface area contributed by atoms with E-state index in [1.807, 2.05) is 54.6 Å². The van der Waals surface area contributed by atoms with Crippen LogP contribution in [0, 0.1) is 0 Å². The van der Waals surface area contributed by atoms with Gasteiger partial charge in [-0.25, -0.2) is 9.97 Å². The van der Waals surface area contributed by atoms with Crippen molar-refractivity contribution in [3.8, 4) is 28.5 Å². The van der Waals surface area contributed by atoms with E-state index in [1.54, 1.807) is 0 Å². The molecule has 6 aromatic carbocycles. The lowest BCUT2D eigenvalue weighted by atomic mass is 10.0. The smallest absolute Gasteiger partial charge is 0.235 e. The molecule has 10 aromatic rings. The summed E-state index contributed by atoms with van der Waals surface area (Å²) in [6, 6.07) is 47.7. The monoisotopic (exact) mass is 577 g/mol. The lowest BCUT2D eigenvalue weighted by Gasteiger charge is -2.12. The van der Waals surface area contributed by atoms with Gasteiger partial charge in [0.15, 0.2) is 0 Å². The number of hydrogen-bond donors (Lipinski definition) is 0. The fourth-order valence-corrected chi connectivity index (χ4v) is 6.77. The van der Waals surface area contributed by atoms with Gasteiger partial charge in [0.1, 0.15) is 22.3 Å². The van der Waals surface area contributed by atoms with Gasteiger partial charge < -0.3 is 8.83 Å². The second-order valence-corrected chi connectivity index (χ2v) is 11.4. The number of fused-ring (bicyclic) bond motifs is 10. The Morgan fingerprint density at radius 3 is 1.89 bits per heavy atom. The molecule has 45 heavy (non-hydrogen) atoms. The SMILES string of the molecule is c1ccc(-c2cc(-c3ccc4oc5ccccc5c4c3)nc(-n3c4ccccc4c4c5oc6ccccc6c5ccc43)n2)cc1. The van der Waals surface area contributed by atoms with E-state index in [-0.39, 0.29) is 0 Å². The Hall–Kier alpha value is -6.20. The number of aromatic nitrogens is 3. The summed E-state index contributed by atoms with van der Waals surface area (Å²) in [5.74, 6) is 0.602. The van der Waals surface area contributed by atoms with E-state index in [2.05, 4.69) is 89.5 Å². The molecule has 0 spiro atoms. The van der Waals surface area contributed by atoms with Crippen LogP contribution >= 0.6 is 0 Å². The topological polar surface area (TPSA) is 57.0 Å². The summed E-state index contributed by atoms with van der Waals surface area (Å²) < 4.78 is 14.8. The molecule has 0 aliphatic carbocycles. The average Bonchev–Trinajstić information content (AvgIpc) is 3.77. The first-order valence-corrected chi connectivity index (χ1v) is 15.0. The highest BCUT2D eigenvalue weighted by molar-refractivity contribution is 6.23. The minimum Gasteiger partial charge on any atom is -0.456 e. The number of rotatable bonds is 3. The Balaban J connectivity index is 1.28. The van der Waals surface area contributed by atoms with Gasteiger partial charge in [-0.3, -0.25) is 4.57 Å². The van der Waals surface area contributed by atoms with Gasteiger partial charge in [-0.1, -0.05) is 84.9 Å². The highest BCUT2D eigenvalue weighted by Crippen LogP contribution is 2.41. The maximum absolute atomic E-state index is 6.51. The number of furan rings is 2. The molecule has 0 amide bonds. The Morgan fingerprint density at radius 2 is 1.07 bits per heavy atom. The summed E-state index contributed by atoms with van der Waals surface area (Å²) in [5.41, 5.74) is 9.21. The van der Waals surface area contributed by atoms with Crippen LogP contribution in [0.2, 0.25) is 0 Å². The van der Waals surface area contributed by atoms with E-state index in [1.165, 1.54) is 0 Å². The van der Waals surface area contributed by atoms with Crippen LogP contribution in [0.5, 0.6) is 0 Å². The first-order chi connectivity index (χ1) is 22.3. The minimum absolute atomic E-state index is 0.602. The van der Waals surface area contributed by atoms with Crippen LogP contribution in [0.1, 0.15) is 0 Å². The molecule has 0 radical (unpaired) electrons. The van der Waals surface area contributed by atoms with Crippen LogP contribution in [0.4, 0.5) is 0 Å². The van der Waals surface area contributed by atoms with Gasteiger partial charge in [0, 0.05) is 38.1 Å². The molecule has 0 atom stereocenters. The average molecular weight is 578 g/mol. The van der Waals surface area contributed by atoms with Crippen molar-refractivity contribution in [2.45, 2.75) is 0 Å². The Morgan fingerprint density at radius 1 is 0.422 bits per heavy atom. The van der Waals surface area contributed by atoms with Crippen molar-refractivity contribution < 1.29 is 8.83 Å². The van der Waals surface area contributed by atoms with Crippen LogP contribution in [0.25, 0.3) is 94.1 Å². The summed E-state index contributed by atoms with van der Waals surface area (Å²) in [6.07, 6.45) is 0. The van der Waals surface area contributed by atoms with Gasteiger partial charge in [0.25, 0.3) is 0 Å². The maximum atomic E-state index is 6.51. The van der Waals surface area contributed by atoms with Crippen LogP contribution < -0.4 is 0 Å². The molecule has 5 nitrogen and oxygen atoms in total. The van der Waals surface area contributed by atoms with E-state index in [9.17, 15) is 0 Å². The first kappa shape index (κ1) is 24.3. The standard InChI is InChI=1S/C40H23N3O2/c1-2-10-24(11-3-1)31-23-32(25-18-21-37-30(22-25)27-13-6-8-16-35(27)44-37)42-40(41-31)43-33-15-7-4-14-29(33)38-34(43)20-19-28-26-12-5-9-17-36(26)45-39(28)38/h1-23H. The third-order valence-corrected chi connectivity index (χ3v) is 8.84. The molecular weight excluding hydrogens is 554 g/mol. The van der Waals surface area contributed by atoms with E-state index in [4.69, 9.17) is 18.8 Å². The molecule has 0 bridgehead atoms. The molecule has 0 aliphatic heterocycles. The van der Waals surface area contributed by atoms with Crippen molar-refractivity contribution in [1.82, 2.24) is 14.5 Å². The summed E-state index contributed by atoms with van der Waals surface area (Å²) in [5, 5.41) is 6.51. The van der Waals surface area contributed by atoms with Gasteiger partial charge in [0.05, 0.1) is 27.8 Å². The largest absolute Gasteiger partial charge is 0.456 e. The molecule has 0 fully saturated rings. The molecule has 0 saturated carbocycles. The maximum Gasteiger partial charge on any atom is 0.235 e. The van der Waals surface area contributed by atoms with Crippen LogP contribution in [-0.4, -0.2) is 14.5 Å². The molecule has 0 aliphatic rings. The number of para-hydroxylation sites is 3. The zero-order valence-electron chi connectivity index (χ0n) is 23.9. The summed E-state index contributed by atoms with van der Waals surface area (Å²) >= 11 is 0. The molecule has 0 saturated heterocycles. The lowest BCUT2D eigenvalue weighted by Crippen LogP contribution is -2.04. The van der Waals surface area contributed by atoms with Crippen molar-refractivity contribution in [3.63, 3.8) is 0 Å². The van der Waals surface area contributed by atoms with Crippen LogP contribution in [0.15, 0.2) is 148 Å². The van der Waals surface area contributed by atoms with Crippen LogP contribution in [-0.2, 0) is 0 Å². The molecule has 0 unspecified atom stereocenters. The molecule has 10 rings (SSSR count). The normalized spacial score (nSPS) is 12.0. The van der Waals surface area contributed by atoms with Gasteiger partial charge >= 0.3 is 0 Å². The minimum atomic E-state index is 0.602. The van der Waals surface area contributed by atoms with E-state index >= 15 is 0 Å². The van der Waals surface area contributed by atoms with Crippen molar-refractivity contribution in [2.75, 3.05) is 0 Å². The number of hydrogen-bond acceptors (Lipinski definition) is 4. The predicted molar refractivity (Wildman–Crippen MR) is 182 cm³/mol. The highest BCUT2D eigenvalue weighted by atomic mass is 16.3. The van der Waals surface area contributed by atoms with Crippen LogP contribution in [0.3, 0.4) is 0 Å². The third-order valence-electron chi connectivity index (χ3n) is 8.84. The Labute approximate surface area is 256 Å². The van der Waals surface area contributed by atoms with Gasteiger partial charge in [-0.15, -0.1) is 0 Å². The van der Waals surface area contributed by atoms with Crippen molar-refractivity contribution in [2.24, 2.45) is 0 Å². The lowest BCUT2D eigenvalue weighted by molar-refractivity contribution is 0.669. The molecule has 4 aromatic heterocycles. The fraction of sp³-hybridized carbons (Fsp3) is 0. The molecular formula is C40H23N3O2. The summed E-state index contributed by atoms with van der Waals surface area (Å²) in [7, 11) is 0. The predicted octanol–water partition coefficient (Wildman–Crippen LogP) is 10.7. The fourth-order valence-electron chi connectivity index (χ4n) is 6.77. The second kappa shape index (κ2) is 9.15. The van der Waals surface area contributed by atoms with E-state index in [0.717, 1.165) is 88.2 Å². The zero-order chi connectivity index (χ0) is 29.5. The van der Waals surface area contributed by atoms with E-state index < -0.39 is 0 Å². The Bertz CT molecular complexity index is 2770. The zero-order valence-corrected chi connectivity index (χ0v) is 23.9. The Kier molecular flexibility index (Phi) is 4.93. The van der Waals surface area contributed by atoms with Gasteiger partial charge in [0.2, 0.25) is 5.95 Å². The summed E-state index contributed by atoms with van der Waals surface area (Å²) in [4.78, 5) is 10.5. The quantitative estimate of drug-likeness (QED) is 0.210. The van der Waals surface area contributed by atoms with Crippen molar-refractivity contribution >= 4 is 65.7 Å². The first-order valence-electron chi connectivity index (χ1n) is 15.0. The molecule has 210 valence electrons. The highest BCUT2D eigenvalue weighted by Gasteiger charge is 2.21. The number of nitrogens with zero attached hydrogens (tertiary/aromatic N) is 3. The van der Waals surface area contributed by atoms with Gasteiger partial charge in [-0.2, -0.15) is 0 Å². The molecule has 5 heteroatoms. The molecule has 0 N–H and O–H groups in total. The third kappa shape index (κ3) is 3.55. The summed E-state index contributed by atoms with van der Waals surface area (Å²) in [6.45, 7) is 0. The van der Waals surface area contributed by atoms with Crippen molar-refractivity contribution in [3.05, 3.63) is 140 Å². The second-order valence-electron chi connectivity index (χ2n) is 11.4. The van der Waals surface area contributed by atoms with Gasteiger partial charge in [-0.05, 0) is 54.6 Å².